The number of carbonyl (C=O) groups is 1. The van der Waals surface area contributed by atoms with E-state index in [0.717, 1.165) is 29.5 Å². The van der Waals surface area contributed by atoms with Gasteiger partial charge in [0.2, 0.25) is 5.91 Å². The summed E-state index contributed by atoms with van der Waals surface area (Å²) in [4.78, 5) is 18.8. The van der Waals surface area contributed by atoms with E-state index in [-0.39, 0.29) is 24.2 Å². The lowest BCUT2D eigenvalue weighted by Crippen LogP contribution is -2.41. The van der Waals surface area contributed by atoms with E-state index in [1.807, 2.05) is 35.2 Å². The molecule has 0 atom stereocenters. The van der Waals surface area contributed by atoms with Gasteiger partial charge in [0.1, 0.15) is 23.2 Å². The molecule has 0 spiro atoms. The van der Waals surface area contributed by atoms with Crippen LogP contribution >= 0.6 is 11.6 Å². The molecule has 1 saturated heterocycles. The largest absolute Gasteiger partial charge is 0.488 e. The molecular weight excluding hydrogens is 391 g/mol. The number of aromatic nitrogens is 1. The molecule has 4 rings (SSSR count). The summed E-state index contributed by atoms with van der Waals surface area (Å²) in [6.07, 6.45) is 3.89. The lowest BCUT2D eigenvalue weighted by molar-refractivity contribution is -0.132. The fourth-order valence-electron chi connectivity index (χ4n) is 3.74. The minimum absolute atomic E-state index is 0.0228. The van der Waals surface area contributed by atoms with Crippen molar-refractivity contribution in [1.29, 1.82) is 0 Å². The maximum Gasteiger partial charge on any atom is 0.222 e. The molecule has 0 saturated carbocycles. The Morgan fingerprint density at radius 3 is 2.69 bits per heavy atom. The maximum absolute atomic E-state index is 13.9. The molecular formula is C23H22ClFN2O2. The van der Waals surface area contributed by atoms with Gasteiger partial charge in [0.15, 0.2) is 0 Å². The van der Waals surface area contributed by atoms with Gasteiger partial charge in [-0.15, -0.1) is 0 Å². The molecule has 150 valence electrons. The number of para-hydroxylation sites is 1. The van der Waals surface area contributed by atoms with Gasteiger partial charge in [0.25, 0.3) is 0 Å². The van der Waals surface area contributed by atoms with Crippen molar-refractivity contribution in [2.24, 2.45) is 0 Å². The van der Waals surface area contributed by atoms with Crippen LogP contribution in [0.4, 0.5) is 4.39 Å². The molecule has 29 heavy (non-hydrogen) atoms. The predicted octanol–water partition coefficient (Wildman–Crippen LogP) is 5.03. The Morgan fingerprint density at radius 1 is 1.14 bits per heavy atom. The summed E-state index contributed by atoms with van der Waals surface area (Å²) in [5.74, 6) is 0.442. The molecule has 6 heteroatoms. The standard InChI is InChI=1S/C23H22ClFN2O2/c24-19-6-2-7-20(25)18(19)9-10-22(28)27-14-11-17(12-15-27)29-21-8-1-4-16-5-3-13-26-23(16)21/h1-8,13,17H,9-12,14-15H2. The Bertz CT molecular complexity index is 993. The van der Waals surface area contributed by atoms with E-state index in [0.29, 0.717) is 30.1 Å². The molecule has 3 aromatic rings. The minimum Gasteiger partial charge on any atom is -0.488 e. The topological polar surface area (TPSA) is 42.4 Å². The number of hydrogen-bond donors (Lipinski definition) is 0. The van der Waals surface area contributed by atoms with Gasteiger partial charge in [-0.3, -0.25) is 9.78 Å². The molecule has 0 N–H and O–H groups in total. The SMILES string of the molecule is O=C(CCc1c(F)cccc1Cl)N1CCC(Oc2cccc3cccnc23)CC1. The summed E-state index contributed by atoms with van der Waals surface area (Å²) in [6.45, 7) is 1.26. The third kappa shape index (κ3) is 4.51. The van der Waals surface area contributed by atoms with Crippen LogP contribution in [0.2, 0.25) is 5.02 Å². The van der Waals surface area contributed by atoms with E-state index in [9.17, 15) is 9.18 Å². The Kier molecular flexibility index (Phi) is 5.95. The molecule has 1 fully saturated rings. The Labute approximate surface area is 174 Å². The van der Waals surface area contributed by atoms with Crippen molar-refractivity contribution in [3.63, 3.8) is 0 Å². The Morgan fingerprint density at radius 2 is 1.90 bits per heavy atom. The summed E-state index contributed by atoms with van der Waals surface area (Å²) < 4.78 is 20.1. The first kappa shape index (κ1) is 19.6. The maximum atomic E-state index is 13.9. The van der Waals surface area contributed by atoms with Crippen LogP contribution in [0.1, 0.15) is 24.8 Å². The Balaban J connectivity index is 1.31. The zero-order chi connectivity index (χ0) is 20.2. The highest BCUT2D eigenvalue weighted by Gasteiger charge is 2.24. The van der Waals surface area contributed by atoms with E-state index in [2.05, 4.69) is 4.98 Å². The lowest BCUT2D eigenvalue weighted by atomic mass is 10.0. The van der Waals surface area contributed by atoms with Crippen molar-refractivity contribution < 1.29 is 13.9 Å². The van der Waals surface area contributed by atoms with Gasteiger partial charge in [-0.25, -0.2) is 4.39 Å². The summed E-state index contributed by atoms with van der Waals surface area (Å²) in [6, 6.07) is 14.4. The zero-order valence-electron chi connectivity index (χ0n) is 16.0. The summed E-state index contributed by atoms with van der Waals surface area (Å²) in [5, 5.41) is 1.41. The normalized spacial score (nSPS) is 14.9. The number of nitrogens with zero attached hydrogens (tertiary/aromatic N) is 2. The van der Waals surface area contributed by atoms with Crippen LogP contribution in [-0.4, -0.2) is 35.0 Å². The molecule has 0 unspecified atom stereocenters. The van der Waals surface area contributed by atoms with Crippen LogP contribution in [0.15, 0.2) is 54.7 Å². The summed E-state index contributed by atoms with van der Waals surface area (Å²) in [5.41, 5.74) is 1.26. The van der Waals surface area contributed by atoms with Crippen molar-refractivity contribution in [3.05, 3.63) is 71.1 Å². The van der Waals surface area contributed by atoms with Crippen LogP contribution < -0.4 is 4.74 Å². The van der Waals surface area contributed by atoms with Crippen molar-refractivity contribution >= 4 is 28.4 Å². The van der Waals surface area contributed by atoms with E-state index in [1.54, 1.807) is 18.3 Å². The highest BCUT2D eigenvalue weighted by Crippen LogP contribution is 2.27. The molecule has 0 aliphatic carbocycles. The van der Waals surface area contributed by atoms with Gasteiger partial charge in [0.05, 0.1) is 0 Å². The van der Waals surface area contributed by atoms with Crippen LogP contribution in [0, 0.1) is 5.82 Å². The van der Waals surface area contributed by atoms with Gasteiger partial charge < -0.3 is 9.64 Å². The van der Waals surface area contributed by atoms with E-state index in [4.69, 9.17) is 16.3 Å². The fourth-order valence-corrected chi connectivity index (χ4v) is 3.99. The molecule has 0 radical (unpaired) electrons. The number of piperidine rings is 1. The number of fused-ring (bicyclic) bond motifs is 1. The molecule has 0 bridgehead atoms. The second-order valence-electron chi connectivity index (χ2n) is 7.23. The first-order valence-corrected chi connectivity index (χ1v) is 10.2. The average Bonchev–Trinajstić information content (AvgIpc) is 2.74. The molecule has 2 heterocycles. The van der Waals surface area contributed by atoms with Crippen molar-refractivity contribution in [3.8, 4) is 5.75 Å². The second kappa shape index (κ2) is 8.78. The molecule has 1 aromatic heterocycles. The second-order valence-corrected chi connectivity index (χ2v) is 7.64. The molecule has 1 aliphatic heterocycles. The van der Waals surface area contributed by atoms with Gasteiger partial charge in [-0.2, -0.15) is 0 Å². The monoisotopic (exact) mass is 412 g/mol. The van der Waals surface area contributed by atoms with E-state index < -0.39 is 0 Å². The first-order chi connectivity index (χ1) is 14.1. The zero-order valence-corrected chi connectivity index (χ0v) is 16.7. The number of ether oxygens (including phenoxy) is 1. The van der Waals surface area contributed by atoms with Gasteiger partial charge in [-0.1, -0.05) is 35.9 Å². The van der Waals surface area contributed by atoms with Gasteiger partial charge >= 0.3 is 0 Å². The van der Waals surface area contributed by atoms with Crippen molar-refractivity contribution in [2.75, 3.05) is 13.1 Å². The minimum atomic E-state index is -0.360. The van der Waals surface area contributed by atoms with Crippen molar-refractivity contribution in [1.82, 2.24) is 9.88 Å². The highest BCUT2D eigenvalue weighted by molar-refractivity contribution is 6.31. The quantitative estimate of drug-likeness (QED) is 0.590. The number of amides is 1. The number of hydrogen-bond acceptors (Lipinski definition) is 3. The smallest absolute Gasteiger partial charge is 0.222 e. The number of benzene rings is 2. The third-order valence-corrected chi connectivity index (χ3v) is 5.69. The van der Waals surface area contributed by atoms with E-state index >= 15 is 0 Å². The average molecular weight is 413 g/mol. The molecule has 1 amide bonds. The lowest BCUT2D eigenvalue weighted by Gasteiger charge is -2.32. The molecule has 1 aliphatic rings. The Hall–Kier alpha value is -2.66. The summed E-state index contributed by atoms with van der Waals surface area (Å²) in [7, 11) is 0. The van der Waals surface area contributed by atoms with Gasteiger partial charge in [-0.05, 0) is 30.7 Å². The highest BCUT2D eigenvalue weighted by atomic mass is 35.5. The number of likely N-dealkylation sites (tertiary alicyclic amines) is 1. The number of pyridine rings is 1. The fraction of sp³-hybridized carbons (Fsp3) is 0.304. The number of carbonyl (C=O) groups excluding carboxylic acids is 1. The molecule has 2 aromatic carbocycles. The van der Waals surface area contributed by atoms with Crippen LogP contribution in [-0.2, 0) is 11.2 Å². The van der Waals surface area contributed by atoms with E-state index in [1.165, 1.54) is 6.07 Å². The first-order valence-electron chi connectivity index (χ1n) is 9.83. The van der Waals surface area contributed by atoms with Crippen LogP contribution in [0.25, 0.3) is 10.9 Å². The third-order valence-electron chi connectivity index (χ3n) is 5.33. The van der Waals surface area contributed by atoms with Gasteiger partial charge in [0, 0.05) is 54.5 Å². The molecule has 4 nitrogen and oxygen atoms in total. The number of halogens is 2. The number of rotatable bonds is 5. The predicted molar refractivity (Wildman–Crippen MR) is 112 cm³/mol. The summed E-state index contributed by atoms with van der Waals surface area (Å²) >= 11 is 6.05. The van der Waals surface area contributed by atoms with Crippen LogP contribution in [0.5, 0.6) is 5.75 Å². The van der Waals surface area contributed by atoms with Crippen LogP contribution in [0.3, 0.4) is 0 Å². The van der Waals surface area contributed by atoms with Crippen molar-refractivity contribution in [2.45, 2.75) is 31.8 Å².